The zero-order chi connectivity index (χ0) is 15.3. The Morgan fingerprint density at radius 3 is 2.14 bits per heavy atom. The predicted octanol–water partition coefficient (Wildman–Crippen LogP) is 4.77. The Labute approximate surface area is 135 Å². The molecule has 0 saturated heterocycles. The van der Waals surface area contributed by atoms with E-state index in [1.54, 1.807) is 32.1 Å². The fraction of sp³-hybridized carbons (Fsp3) is 0.714. The van der Waals surface area contributed by atoms with E-state index in [9.17, 15) is 0 Å². The van der Waals surface area contributed by atoms with Gasteiger partial charge in [0.2, 0.25) is 0 Å². The minimum absolute atomic E-state index is 0.972. The minimum atomic E-state index is 0.972. The Kier molecular flexibility index (Phi) is 3.80. The van der Waals surface area contributed by atoms with Crippen LogP contribution in [-0.4, -0.2) is 6.54 Å². The van der Waals surface area contributed by atoms with Crippen LogP contribution in [0.15, 0.2) is 12.1 Å². The van der Waals surface area contributed by atoms with Crippen LogP contribution >= 0.6 is 0 Å². The lowest BCUT2D eigenvalue weighted by Gasteiger charge is -2.54. The molecule has 4 bridgehead atoms. The SMILES string of the molecule is Cc1ccc(CNCC2C3CC4CC(C3)CC2C4)c(C)c1C. The first-order valence-electron chi connectivity index (χ1n) is 9.38. The van der Waals surface area contributed by atoms with E-state index in [0.29, 0.717) is 0 Å². The van der Waals surface area contributed by atoms with Gasteiger partial charge in [0.05, 0.1) is 0 Å². The van der Waals surface area contributed by atoms with Gasteiger partial charge in [0.25, 0.3) is 0 Å². The first-order valence-corrected chi connectivity index (χ1v) is 9.38. The smallest absolute Gasteiger partial charge is 0.0208 e. The van der Waals surface area contributed by atoms with E-state index >= 15 is 0 Å². The van der Waals surface area contributed by atoms with Gasteiger partial charge in [-0.15, -0.1) is 0 Å². The summed E-state index contributed by atoms with van der Waals surface area (Å²) in [6.07, 6.45) is 7.74. The normalized spacial score (nSPS) is 36.0. The van der Waals surface area contributed by atoms with E-state index in [1.807, 2.05) is 0 Å². The van der Waals surface area contributed by atoms with Crippen molar-refractivity contribution in [3.63, 3.8) is 0 Å². The third-order valence-electron chi connectivity index (χ3n) is 7.29. The second-order valence-electron chi connectivity index (χ2n) is 8.52. The first-order chi connectivity index (χ1) is 10.6. The number of hydrogen-bond acceptors (Lipinski definition) is 1. The summed E-state index contributed by atoms with van der Waals surface area (Å²) in [6, 6.07) is 4.60. The second-order valence-corrected chi connectivity index (χ2v) is 8.52. The van der Waals surface area contributed by atoms with Gasteiger partial charge >= 0.3 is 0 Å². The van der Waals surface area contributed by atoms with E-state index in [4.69, 9.17) is 0 Å². The Morgan fingerprint density at radius 1 is 0.864 bits per heavy atom. The van der Waals surface area contributed by atoms with Gasteiger partial charge in [-0.1, -0.05) is 12.1 Å². The Bertz CT molecular complexity index is 531. The fourth-order valence-corrected chi connectivity index (χ4v) is 5.95. The zero-order valence-electron chi connectivity index (χ0n) is 14.5. The Hall–Kier alpha value is -0.820. The molecule has 0 aliphatic heterocycles. The van der Waals surface area contributed by atoms with Crippen LogP contribution in [0, 0.1) is 50.4 Å². The van der Waals surface area contributed by atoms with Gasteiger partial charge < -0.3 is 5.32 Å². The Balaban J connectivity index is 1.37. The van der Waals surface area contributed by atoms with Crippen molar-refractivity contribution in [1.82, 2.24) is 5.32 Å². The van der Waals surface area contributed by atoms with Crippen molar-refractivity contribution in [2.24, 2.45) is 29.6 Å². The van der Waals surface area contributed by atoms with Gasteiger partial charge in [0, 0.05) is 6.54 Å². The van der Waals surface area contributed by atoms with Gasteiger partial charge in [-0.25, -0.2) is 0 Å². The van der Waals surface area contributed by atoms with Crippen molar-refractivity contribution in [2.45, 2.75) is 59.4 Å². The standard InChI is InChI=1S/C21H31N/c1-13-4-5-18(15(3)14(13)2)11-22-12-21-19-7-16-6-17(9-19)10-20(21)8-16/h4-5,16-17,19-22H,6-12H2,1-3H3. The average Bonchev–Trinajstić information content (AvgIpc) is 2.49. The summed E-state index contributed by atoms with van der Waals surface area (Å²) in [7, 11) is 0. The zero-order valence-corrected chi connectivity index (χ0v) is 14.5. The maximum Gasteiger partial charge on any atom is 0.0208 e. The number of aryl methyl sites for hydroxylation is 1. The van der Waals surface area contributed by atoms with E-state index < -0.39 is 0 Å². The number of rotatable bonds is 4. The molecule has 5 rings (SSSR count). The summed E-state index contributed by atoms with van der Waals surface area (Å²) in [5.41, 5.74) is 5.86. The summed E-state index contributed by atoms with van der Waals surface area (Å²) >= 11 is 0. The van der Waals surface area contributed by atoms with Crippen LogP contribution in [0.5, 0.6) is 0 Å². The van der Waals surface area contributed by atoms with Crippen molar-refractivity contribution in [2.75, 3.05) is 6.54 Å². The van der Waals surface area contributed by atoms with Crippen LogP contribution in [0.25, 0.3) is 0 Å². The number of benzene rings is 1. The molecule has 1 aromatic rings. The van der Waals surface area contributed by atoms with Crippen LogP contribution in [-0.2, 0) is 6.54 Å². The topological polar surface area (TPSA) is 12.0 Å². The molecule has 0 spiro atoms. The second kappa shape index (κ2) is 5.67. The van der Waals surface area contributed by atoms with Crippen molar-refractivity contribution in [3.8, 4) is 0 Å². The van der Waals surface area contributed by atoms with Crippen molar-refractivity contribution < 1.29 is 0 Å². The lowest BCUT2D eigenvalue weighted by Crippen LogP contribution is -2.48. The fourth-order valence-electron chi connectivity index (χ4n) is 5.95. The summed E-state index contributed by atoms with van der Waals surface area (Å²) in [6.45, 7) is 9.05. The highest BCUT2D eigenvalue weighted by Crippen LogP contribution is 2.56. The third-order valence-corrected chi connectivity index (χ3v) is 7.29. The van der Waals surface area contributed by atoms with Gasteiger partial charge in [-0.3, -0.25) is 0 Å². The highest BCUT2D eigenvalue weighted by atomic mass is 14.9. The van der Waals surface area contributed by atoms with Crippen molar-refractivity contribution in [3.05, 3.63) is 34.4 Å². The molecule has 22 heavy (non-hydrogen) atoms. The molecule has 4 saturated carbocycles. The van der Waals surface area contributed by atoms with Crippen LogP contribution in [0.1, 0.15) is 54.4 Å². The molecule has 4 fully saturated rings. The van der Waals surface area contributed by atoms with Gasteiger partial charge in [0.1, 0.15) is 0 Å². The molecule has 1 heteroatoms. The summed E-state index contributed by atoms with van der Waals surface area (Å²) in [4.78, 5) is 0. The van der Waals surface area contributed by atoms with Crippen LogP contribution < -0.4 is 5.32 Å². The largest absolute Gasteiger partial charge is 0.312 e. The monoisotopic (exact) mass is 297 g/mol. The lowest BCUT2D eigenvalue weighted by atomic mass is 9.52. The Morgan fingerprint density at radius 2 is 1.50 bits per heavy atom. The third kappa shape index (κ3) is 2.52. The van der Waals surface area contributed by atoms with E-state index in [2.05, 4.69) is 38.2 Å². The molecular formula is C21H31N. The van der Waals surface area contributed by atoms with Crippen molar-refractivity contribution in [1.29, 1.82) is 0 Å². The van der Waals surface area contributed by atoms with Crippen LogP contribution in [0.4, 0.5) is 0 Å². The molecule has 1 aromatic carbocycles. The average molecular weight is 297 g/mol. The predicted molar refractivity (Wildman–Crippen MR) is 92.9 cm³/mol. The van der Waals surface area contributed by atoms with Crippen LogP contribution in [0.2, 0.25) is 0 Å². The molecule has 4 aliphatic rings. The highest BCUT2D eigenvalue weighted by molar-refractivity contribution is 5.38. The molecule has 0 heterocycles. The summed E-state index contributed by atoms with van der Waals surface area (Å²) in [5.74, 6) is 5.26. The highest BCUT2D eigenvalue weighted by Gasteiger charge is 2.47. The summed E-state index contributed by atoms with van der Waals surface area (Å²) in [5, 5.41) is 3.82. The van der Waals surface area contributed by atoms with E-state index in [0.717, 1.165) is 36.1 Å². The van der Waals surface area contributed by atoms with Crippen molar-refractivity contribution >= 4 is 0 Å². The first kappa shape index (κ1) is 14.8. The maximum atomic E-state index is 3.82. The maximum absolute atomic E-state index is 3.82. The molecule has 120 valence electrons. The van der Waals surface area contributed by atoms with E-state index in [1.165, 1.54) is 28.8 Å². The molecule has 0 amide bonds. The molecule has 0 aromatic heterocycles. The summed E-state index contributed by atoms with van der Waals surface area (Å²) < 4.78 is 0. The molecule has 4 aliphatic carbocycles. The molecular weight excluding hydrogens is 266 g/mol. The quantitative estimate of drug-likeness (QED) is 0.844. The molecule has 1 N–H and O–H groups in total. The van der Waals surface area contributed by atoms with Gasteiger partial charge in [-0.05, 0) is 111 Å². The minimum Gasteiger partial charge on any atom is -0.312 e. The van der Waals surface area contributed by atoms with Gasteiger partial charge in [-0.2, -0.15) is 0 Å². The van der Waals surface area contributed by atoms with Crippen LogP contribution in [0.3, 0.4) is 0 Å². The van der Waals surface area contributed by atoms with E-state index in [-0.39, 0.29) is 0 Å². The molecule has 0 unspecified atom stereocenters. The number of hydrogen-bond donors (Lipinski definition) is 1. The molecule has 0 radical (unpaired) electrons. The molecule has 0 atom stereocenters. The molecule has 1 nitrogen and oxygen atoms in total. The van der Waals surface area contributed by atoms with Gasteiger partial charge in [0.15, 0.2) is 0 Å². The lowest BCUT2D eigenvalue weighted by molar-refractivity contribution is -0.0355. The number of nitrogens with one attached hydrogen (secondary N) is 1.